The number of rotatable bonds is 2. The fraction of sp³-hybridized carbons (Fsp3) is 1.00. The van der Waals surface area contributed by atoms with Crippen molar-refractivity contribution in [3.63, 3.8) is 0 Å². The summed E-state index contributed by atoms with van der Waals surface area (Å²) in [6.07, 6.45) is -2.11. The van der Waals surface area contributed by atoms with Crippen LogP contribution in [0.25, 0.3) is 0 Å². The molecule has 3 unspecified atom stereocenters. The van der Waals surface area contributed by atoms with Crippen molar-refractivity contribution in [3.05, 3.63) is 0 Å². The van der Waals surface area contributed by atoms with Crippen LogP contribution in [0.4, 0.5) is 4.39 Å². The monoisotopic (exact) mass is 170 g/mol. The van der Waals surface area contributed by atoms with Gasteiger partial charge in [0.15, 0.2) is 6.17 Å². The molecule has 0 amide bonds. The lowest BCUT2D eigenvalue weighted by molar-refractivity contribution is 0.123. The average Bonchev–Trinajstić information content (AvgIpc) is 2.15. The van der Waals surface area contributed by atoms with Crippen LogP contribution >= 0.6 is 8.25 Å². The van der Waals surface area contributed by atoms with Crippen LogP contribution < -0.4 is 0 Å². The fourth-order valence-corrected chi connectivity index (χ4v) is 1.22. The molecule has 0 spiro atoms. The minimum Gasteiger partial charge on any atom is -0.375 e. The van der Waals surface area contributed by atoms with Gasteiger partial charge in [-0.25, -0.2) is 4.39 Å². The van der Waals surface area contributed by atoms with Crippen molar-refractivity contribution < 1.29 is 23.1 Å². The van der Waals surface area contributed by atoms with E-state index in [4.69, 9.17) is 4.89 Å². The Hall–Kier alpha value is 0.0400. The second kappa shape index (κ2) is 3.44. The van der Waals surface area contributed by atoms with Gasteiger partial charge >= 0.3 is 8.25 Å². The van der Waals surface area contributed by atoms with Crippen molar-refractivity contribution >= 4 is 8.25 Å². The summed E-state index contributed by atoms with van der Waals surface area (Å²) in [5.74, 6) is 0. The van der Waals surface area contributed by atoms with E-state index in [0.717, 1.165) is 0 Å². The van der Waals surface area contributed by atoms with Crippen LogP contribution in [0, 0.1) is 0 Å². The van der Waals surface area contributed by atoms with Gasteiger partial charge in [0, 0.05) is 0 Å². The Morgan fingerprint density at radius 1 is 1.70 bits per heavy atom. The maximum atomic E-state index is 12.5. The second-order valence-electron chi connectivity index (χ2n) is 1.98. The molecule has 0 aromatic heterocycles. The highest BCUT2D eigenvalue weighted by atomic mass is 31.1. The lowest BCUT2D eigenvalue weighted by atomic mass is 10.3. The molecule has 1 saturated heterocycles. The Kier molecular flexibility index (Phi) is 2.80. The van der Waals surface area contributed by atoms with Crippen LogP contribution in [0.5, 0.6) is 0 Å². The molecule has 0 radical (unpaired) electrons. The molecule has 1 aliphatic rings. The van der Waals surface area contributed by atoms with Crippen molar-refractivity contribution in [1.82, 2.24) is 0 Å². The first-order chi connectivity index (χ1) is 4.70. The Bertz CT molecular complexity index is 141. The molecule has 3 atom stereocenters. The molecule has 1 N–H and O–H groups in total. The Morgan fingerprint density at radius 3 is 2.80 bits per heavy atom. The van der Waals surface area contributed by atoms with E-state index in [1.807, 2.05) is 0 Å². The third-order valence-electron chi connectivity index (χ3n) is 1.21. The summed E-state index contributed by atoms with van der Waals surface area (Å²) in [4.78, 5) is 8.23. The minimum absolute atomic E-state index is 0.0419. The zero-order valence-corrected chi connectivity index (χ0v) is 6.12. The molecule has 1 rings (SSSR count). The molecule has 4 nitrogen and oxygen atoms in total. The summed E-state index contributed by atoms with van der Waals surface area (Å²) in [6.45, 7) is 0.0257. The fourth-order valence-electron chi connectivity index (χ4n) is 0.746. The van der Waals surface area contributed by atoms with E-state index in [2.05, 4.69) is 9.26 Å². The van der Waals surface area contributed by atoms with E-state index in [9.17, 15) is 8.96 Å². The second-order valence-corrected chi connectivity index (χ2v) is 2.74. The minimum atomic E-state index is -3.02. The standard InChI is InChI=1S/C4H8FO4P/c5-3-1-8-2-4(3)9-10(6)7/h3-4,10H,1-2H2,(H,6,7). The van der Waals surface area contributed by atoms with Crippen LogP contribution in [-0.4, -0.2) is 30.4 Å². The van der Waals surface area contributed by atoms with Gasteiger partial charge in [-0.1, -0.05) is 0 Å². The van der Waals surface area contributed by atoms with Crippen molar-refractivity contribution in [2.24, 2.45) is 0 Å². The molecule has 0 saturated carbocycles. The van der Waals surface area contributed by atoms with Gasteiger partial charge in [0.25, 0.3) is 0 Å². The molecule has 0 aromatic rings. The third-order valence-corrected chi connectivity index (χ3v) is 1.72. The molecule has 10 heavy (non-hydrogen) atoms. The molecule has 0 aliphatic carbocycles. The van der Waals surface area contributed by atoms with Crippen molar-refractivity contribution in [1.29, 1.82) is 0 Å². The van der Waals surface area contributed by atoms with Crippen LogP contribution in [-0.2, 0) is 13.8 Å². The predicted octanol–water partition coefficient (Wildman–Crippen LogP) is 0.122. The predicted molar refractivity (Wildman–Crippen MR) is 31.8 cm³/mol. The lowest BCUT2D eigenvalue weighted by Crippen LogP contribution is -2.20. The van der Waals surface area contributed by atoms with Crippen LogP contribution in [0.3, 0.4) is 0 Å². The van der Waals surface area contributed by atoms with Gasteiger partial charge in [0.1, 0.15) is 6.10 Å². The van der Waals surface area contributed by atoms with E-state index in [0.29, 0.717) is 0 Å². The van der Waals surface area contributed by atoms with Gasteiger partial charge in [0.05, 0.1) is 13.2 Å². The number of ether oxygens (including phenoxy) is 1. The Labute approximate surface area is 57.9 Å². The van der Waals surface area contributed by atoms with Gasteiger partial charge < -0.3 is 14.2 Å². The smallest absolute Gasteiger partial charge is 0.317 e. The van der Waals surface area contributed by atoms with Crippen LogP contribution in [0.15, 0.2) is 0 Å². The molecule has 0 bridgehead atoms. The highest BCUT2D eigenvalue weighted by molar-refractivity contribution is 7.32. The van der Waals surface area contributed by atoms with E-state index in [-0.39, 0.29) is 13.2 Å². The van der Waals surface area contributed by atoms with E-state index in [1.54, 1.807) is 0 Å². The van der Waals surface area contributed by atoms with Gasteiger partial charge in [0.2, 0.25) is 0 Å². The third kappa shape index (κ3) is 2.02. The van der Waals surface area contributed by atoms with E-state index in [1.165, 1.54) is 0 Å². The molecular weight excluding hydrogens is 162 g/mol. The summed E-state index contributed by atoms with van der Waals surface area (Å²) in [7, 11) is -3.02. The van der Waals surface area contributed by atoms with E-state index < -0.39 is 20.5 Å². The highest BCUT2D eigenvalue weighted by Crippen LogP contribution is 2.24. The first-order valence-corrected chi connectivity index (χ1v) is 4.08. The zero-order chi connectivity index (χ0) is 7.56. The van der Waals surface area contributed by atoms with Gasteiger partial charge in [-0.2, -0.15) is 0 Å². The van der Waals surface area contributed by atoms with Gasteiger partial charge in [-0.3, -0.25) is 4.57 Å². The average molecular weight is 170 g/mol. The lowest BCUT2D eigenvalue weighted by Gasteiger charge is -2.07. The Balaban J connectivity index is 2.33. The van der Waals surface area contributed by atoms with Crippen LogP contribution in [0.1, 0.15) is 0 Å². The zero-order valence-electron chi connectivity index (χ0n) is 5.12. The summed E-state index contributed by atoms with van der Waals surface area (Å²) in [6, 6.07) is 0. The highest BCUT2D eigenvalue weighted by Gasteiger charge is 2.29. The first kappa shape index (κ1) is 8.14. The number of hydrogen-bond donors (Lipinski definition) is 1. The molecule has 6 heteroatoms. The molecule has 0 aromatic carbocycles. The topological polar surface area (TPSA) is 55.8 Å². The molecular formula is C4H8FO4P. The number of hydrogen-bond acceptors (Lipinski definition) is 3. The molecule has 1 fully saturated rings. The largest absolute Gasteiger partial charge is 0.375 e. The van der Waals surface area contributed by atoms with Crippen molar-refractivity contribution in [3.8, 4) is 0 Å². The maximum Gasteiger partial charge on any atom is 0.317 e. The normalized spacial score (nSPS) is 36.2. The SMILES string of the molecule is O=[PH](O)OC1COCC1F. The molecule has 1 aliphatic heterocycles. The van der Waals surface area contributed by atoms with Crippen LogP contribution in [0.2, 0.25) is 0 Å². The summed E-state index contributed by atoms with van der Waals surface area (Å²) in [5, 5.41) is 0. The number of halogens is 1. The quantitative estimate of drug-likeness (QED) is 0.598. The van der Waals surface area contributed by atoms with Gasteiger partial charge in [-0.05, 0) is 0 Å². The van der Waals surface area contributed by atoms with Crippen molar-refractivity contribution in [2.75, 3.05) is 13.2 Å². The van der Waals surface area contributed by atoms with Gasteiger partial charge in [-0.15, -0.1) is 0 Å². The molecule has 1 heterocycles. The maximum absolute atomic E-state index is 12.5. The molecule has 60 valence electrons. The van der Waals surface area contributed by atoms with Crippen molar-refractivity contribution in [2.45, 2.75) is 12.3 Å². The Morgan fingerprint density at radius 2 is 2.40 bits per heavy atom. The first-order valence-electron chi connectivity index (χ1n) is 2.81. The number of alkyl halides is 1. The summed E-state index contributed by atoms with van der Waals surface area (Å²) < 4.78 is 31.5. The summed E-state index contributed by atoms with van der Waals surface area (Å²) >= 11 is 0. The van der Waals surface area contributed by atoms with E-state index >= 15 is 0 Å². The summed E-state index contributed by atoms with van der Waals surface area (Å²) in [5.41, 5.74) is 0.